The lowest BCUT2D eigenvalue weighted by Crippen LogP contribution is -2.25. The minimum atomic E-state index is -0.357. The van der Waals surface area contributed by atoms with Crippen LogP contribution >= 0.6 is 0 Å². The number of nitrogens with zero attached hydrogens (tertiary/aromatic N) is 2. The molecule has 0 fully saturated rings. The number of rotatable bonds is 2. The molecule has 0 unspecified atom stereocenters. The molecule has 0 saturated carbocycles. The summed E-state index contributed by atoms with van der Waals surface area (Å²) in [4.78, 5) is 20.7. The zero-order valence-electron chi connectivity index (χ0n) is 9.48. The molecule has 0 aliphatic rings. The molecule has 0 aliphatic carbocycles. The van der Waals surface area contributed by atoms with Crippen molar-refractivity contribution in [3.05, 3.63) is 42.0 Å². The van der Waals surface area contributed by atoms with Gasteiger partial charge in [-0.3, -0.25) is 14.6 Å². The molecule has 0 bridgehead atoms. The smallest absolute Gasteiger partial charge is 0.274 e. The van der Waals surface area contributed by atoms with Crippen LogP contribution in [0, 0.1) is 5.82 Å². The fourth-order valence-corrected chi connectivity index (χ4v) is 1.57. The van der Waals surface area contributed by atoms with E-state index >= 15 is 0 Å². The maximum atomic E-state index is 13.0. The maximum absolute atomic E-state index is 13.0. The van der Waals surface area contributed by atoms with E-state index < -0.39 is 0 Å². The Bertz CT molecular complexity index is 571. The summed E-state index contributed by atoms with van der Waals surface area (Å²) >= 11 is 0. The molecule has 0 aliphatic heterocycles. The van der Waals surface area contributed by atoms with Crippen LogP contribution in [0.2, 0.25) is 0 Å². The summed E-state index contributed by atoms with van der Waals surface area (Å²) in [5.74, 6) is -0.679. The van der Waals surface area contributed by atoms with Gasteiger partial charge in [0.1, 0.15) is 5.82 Å². The summed E-state index contributed by atoms with van der Waals surface area (Å²) < 4.78 is 13.0. The molecule has 1 aromatic carbocycles. The maximum Gasteiger partial charge on any atom is 0.279 e. The first-order valence-corrected chi connectivity index (χ1v) is 4.99. The van der Waals surface area contributed by atoms with Gasteiger partial charge in [0.05, 0.1) is 12.7 Å². The highest BCUT2D eigenvalue weighted by molar-refractivity contribution is 6.05. The summed E-state index contributed by atoms with van der Waals surface area (Å²) in [5, 5.41) is 2.33. The molecule has 5 heteroatoms. The van der Waals surface area contributed by atoms with Crippen molar-refractivity contribution in [2.45, 2.75) is 0 Å². The van der Waals surface area contributed by atoms with Gasteiger partial charge >= 0.3 is 0 Å². The van der Waals surface area contributed by atoms with Crippen molar-refractivity contribution < 1.29 is 14.0 Å². The normalized spacial score (nSPS) is 10.5. The van der Waals surface area contributed by atoms with Crippen LogP contribution in [0.25, 0.3) is 10.8 Å². The van der Waals surface area contributed by atoms with E-state index in [1.807, 2.05) is 0 Å². The van der Waals surface area contributed by atoms with Crippen molar-refractivity contribution in [3.8, 4) is 0 Å². The zero-order chi connectivity index (χ0) is 12.4. The SMILES string of the molecule is CON(C)C(=O)c1cncc2cc(F)ccc12. The molecule has 0 radical (unpaired) electrons. The van der Waals surface area contributed by atoms with Crippen molar-refractivity contribution in [1.29, 1.82) is 0 Å². The van der Waals surface area contributed by atoms with Crippen LogP contribution in [0.5, 0.6) is 0 Å². The Morgan fingerprint density at radius 3 is 2.88 bits per heavy atom. The molecule has 1 aromatic heterocycles. The summed E-state index contributed by atoms with van der Waals surface area (Å²) in [6.07, 6.45) is 2.96. The molecule has 0 spiro atoms. The predicted octanol–water partition coefficient (Wildman–Crippen LogP) is 2.01. The number of hydrogen-bond donors (Lipinski definition) is 0. The quantitative estimate of drug-likeness (QED) is 0.746. The Morgan fingerprint density at radius 1 is 1.41 bits per heavy atom. The summed E-state index contributed by atoms with van der Waals surface area (Å²) in [5.41, 5.74) is 0.381. The van der Waals surface area contributed by atoms with Crippen LogP contribution in [-0.4, -0.2) is 30.1 Å². The predicted molar refractivity (Wildman–Crippen MR) is 60.8 cm³/mol. The largest absolute Gasteiger partial charge is 0.279 e. The molecule has 17 heavy (non-hydrogen) atoms. The van der Waals surface area contributed by atoms with Crippen LogP contribution in [-0.2, 0) is 4.84 Å². The van der Waals surface area contributed by atoms with Gasteiger partial charge in [-0.15, -0.1) is 0 Å². The Balaban J connectivity index is 2.58. The highest BCUT2D eigenvalue weighted by Gasteiger charge is 2.15. The number of benzene rings is 1. The van der Waals surface area contributed by atoms with E-state index in [4.69, 9.17) is 4.84 Å². The first kappa shape index (κ1) is 11.5. The minimum absolute atomic E-state index is 0.322. The van der Waals surface area contributed by atoms with Gasteiger partial charge in [-0.05, 0) is 17.5 Å². The van der Waals surface area contributed by atoms with E-state index in [2.05, 4.69) is 4.98 Å². The minimum Gasteiger partial charge on any atom is -0.274 e. The summed E-state index contributed by atoms with van der Waals surface area (Å²) in [6, 6.07) is 4.21. The number of halogens is 1. The van der Waals surface area contributed by atoms with Crippen LogP contribution in [0.3, 0.4) is 0 Å². The summed E-state index contributed by atoms with van der Waals surface area (Å²) in [7, 11) is 2.90. The molecular formula is C12H11FN2O2. The second kappa shape index (κ2) is 4.47. The number of carbonyl (C=O) groups excluding carboxylic acids is 1. The average molecular weight is 234 g/mol. The van der Waals surface area contributed by atoms with Crippen LogP contribution < -0.4 is 0 Å². The first-order chi connectivity index (χ1) is 8.13. The van der Waals surface area contributed by atoms with E-state index in [1.54, 1.807) is 6.07 Å². The van der Waals surface area contributed by atoms with Gasteiger partial charge in [-0.25, -0.2) is 9.45 Å². The number of pyridine rings is 1. The molecule has 0 saturated heterocycles. The highest BCUT2D eigenvalue weighted by atomic mass is 19.1. The van der Waals surface area contributed by atoms with Gasteiger partial charge in [0.25, 0.3) is 5.91 Å². The molecule has 1 amide bonds. The topological polar surface area (TPSA) is 42.4 Å². The lowest BCUT2D eigenvalue weighted by molar-refractivity contribution is -0.0755. The van der Waals surface area contributed by atoms with Gasteiger partial charge in [-0.1, -0.05) is 6.07 Å². The van der Waals surface area contributed by atoms with Gasteiger partial charge in [0.15, 0.2) is 0 Å². The zero-order valence-corrected chi connectivity index (χ0v) is 9.48. The lowest BCUT2D eigenvalue weighted by Gasteiger charge is -2.14. The van der Waals surface area contributed by atoms with Gasteiger partial charge in [0, 0.05) is 24.8 Å². The number of hydrogen-bond acceptors (Lipinski definition) is 3. The van der Waals surface area contributed by atoms with Crippen molar-refractivity contribution in [3.63, 3.8) is 0 Å². The number of aromatic nitrogens is 1. The van der Waals surface area contributed by atoms with Gasteiger partial charge < -0.3 is 0 Å². The number of carbonyl (C=O) groups is 1. The Morgan fingerprint density at radius 2 is 2.18 bits per heavy atom. The Hall–Kier alpha value is -2.01. The molecule has 2 rings (SSSR count). The molecule has 0 atom stereocenters. The van der Waals surface area contributed by atoms with E-state index in [0.29, 0.717) is 16.3 Å². The number of fused-ring (bicyclic) bond motifs is 1. The Kier molecular flexibility index (Phi) is 3.01. The van der Waals surface area contributed by atoms with E-state index in [9.17, 15) is 9.18 Å². The second-order valence-electron chi connectivity index (χ2n) is 3.54. The third kappa shape index (κ3) is 2.09. The summed E-state index contributed by atoms with van der Waals surface area (Å²) in [6.45, 7) is 0. The van der Waals surface area contributed by atoms with Crippen molar-refractivity contribution in [2.24, 2.45) is 0 Å². The number of hydroxylamine groups is 2. The van der Waals surface area contributed by atoms with Crippen molar-refractivity contribution in [2.75, 3.05) is 14.2 Å². The fraction of sp³-hybridized carbons (Fsp3) is 0.167. The average Bonchev–Trinajstić information content (AvgIpc) is 2.35. The molecule has 4 nitrogen and oxygen atoms in total. The third-order valence-electron chi connectivity index (χ3n) is 2.51. The Labute approximate surface area is 97.6 Å². The van der Waals surface area contributed by atoms with Gasteiger partial charge in [-0.2, -0.15) is 0 Å². The van der Waals surface area contributed by atoms with Crippen LogP contribution in [0.4, 0.5) is 4.39 Å². The third-order valence-corrected chi connectivity index (χ3v) is 2.51. The molecule has 2 aromatic rings. The fourth-order valence-electron chi connectivity index (χ4n) is 1.57. The first-order valence-electron chi connectivity index (χ1n) is 4.99. The van der Waals surface area contributed by atoms with E-state index in [1.165, 1.54) is 38.7 Å². The molecule has 1 heterocycles. The molecule has 88 valence electrons. The van der Waals surface area contributed by atoms with Crippen LogP contribution in [0.1, 0.15) is 10.4 Å². The van der Waals surface area contributed by atoms with Gasteiger partial charge in [0.2, 0.25) is 0 Å². The number of amides is 1. The molecule has 0 N–H and O–H groups in total. The molecular weight excluding hydrogens is 223 g/mol. The second-order valence-corrected chi connectivity index (χ2v) is 3.54. The van der Waals surface area contributed by atoms with Crippen LogP contribution in [0.15, 0.2) is 30.6 Å². The lowest BCUT2D eigenvalue weighted by atomic mass is 10.1. The van der Waals surface area contributed by atoms with Crippen molar-refractivity contribution >= 4 is 16.7 Å². The highest BCUT2D eigenvalue weighted by Crippen LogP contribution is 2.19. The monoisotopic (exact) mass is 234 g/mol. The van der Waals surface area contributed by atoms with E-state index in [0.717, 1.165) is 5.06 Å². The van der Waals surface area contributed by atoms with Crippen molar-refractivity contribution in [1.82, 2.24) is 10.0 Å². The van der Waals surface area contributed by atoms with E-state index in [-0.39, 0.29) is 11.7 Å². The standard InChI is InChI=1S/C12H11FN2O2/c1-15(17-2)12(16)11-7-14-6-8-5-9(13)3-4-10(8)11/h3-7H,1-2H3.